The van der Waals surface area contributed by atoms with Crippen LogP contribution in [0.15, 0.2) is 158 Å². The Kier molecular flexibility index (Phi) is 83.9. The molecule has 2 aromatic rings. The Balaban J connectivity index is 0. The lowest BCUT2D eigenvalue weighted by Gasteiger charge is -2.22. The zero-order chi connectivity index (χ0) is 83.2. The highest BCUT2D eigenvalue weighted by Crippen LogP contribution is 2.19. The van der Waals surface area contributed by atoms with Crippen molar-refractivity contribution in [3.8, 4) is 0 Å². The molecule has 0 aliphatic carbocycles. The van der Waals surface area contributed by atoms with Gasteiger partial charge in [-0.15, -0.1) is 0 Å². The van der Waals surface area contributed by atoms with Crippen molar-refractivity contribution < 1.29 is 39.6 Å². The number of carbonyl (C=O) groups is 4. The number of carbonyl (C=O) groups excluding carboxylic acids is 4. The molecule has 2 aromatic carbocycles. The third kappa shape index (κ3) is 78.4. The van der Waals surface area contributed by atoms with E-state index in [-0.39, 0.29) is 61.5 Å². The van der Waals surface area contributed by atoms with E-state index in [4.69, 9.17) is 0 Å². The molecule has 0 aliphatic rings. The van der Waals surface area contributed by atoms with Gasteiger partial charge in [0.25, 0.3) is 0 Å². The first-order chi connectivity index (χ1) is 55.1. The summed E-state index contributed by atoms with van der Waals surface area (Å²) in [5.74, 6) is 1.04. The van der Waals surface area contributed by atoms with Crippen molar-refractivity contribution in [2.75, 3.05) is 19.8 Å². The van der Waals surface area contributed by atoms with Gasteiger partial charge in [-0.1, -0.05) is 348 Å². The van der Waals surface area contributed by atoms with Crippen molar-refractivity contribution in [1.82, 2.24) is 21.3 Å². The summed E-state index contributed by atoms with van der Waals surface area (Å²) in [6.45, 7) is 19.5. The number of benzene rings is 2. The molecule has 1 unspecified atom stereocenters. The second-order valence-corrected chi connectivity index (χ2v) is 31.7. The number of hydrogen-bond acceptors (Lipinski definition) is 8. The first-order valence-electron chi connectivity index (χ1n) is 46.2. The van der Waals surface area contributed by atoms with Crippen molar-refractivity contribution in [1.29, 1.82) is 0 Å². The van der Waals surface area contributed by atoms with E-state index in [0.717, 1.165) is 127 Å². The topological polar surface area (TPSA) is 197 Å². The molecule has 8 N–H and O–H groups in total. The summed E-state index contributed by atoms with van der Waals surface area (Å²) < 4.78 is 0. The molecule has 646 valence electrons. The summed E-state index contributed by atoms with van der Waals surface area (Å²) in [6.07, 6.45) is 91.7. The van der Waals surface area contributed by atoms with E-state index < -0.39 is 12.2 Å². The Labute approximate surface area is 694 Å². The summed E-state index contributed by atoms with van der Waals surface area (Å²) in [5.41, 5.74) is 1.67. The fourth-order valence-corrected chi connectivity index (χ4v) is 12.8. The summed E-state index contributed by atoms with van der Waals surface area (Å²) in [7, 11) is 0. The first-order valence-corrected chi connectivity index (χ1v) is 46.2. The number of nitrogens with one attached hydrogen (secondary N) is 4. The van der Waals surface area contributed by atoms with Gasteiger partial charge in [0.15, 0.2) is 0 Å². The molecule has 0 saturated heterocycles. The van der Waals surface area contributed by atoms with E-state index in [2.05, 4.69) is 174 Å². The zero-order valence-corrected chi connectivity index (χ0v) is 74.0. The first kappa shape index (κ1) is 109. The van der Waals surface area contributed by atoms with Crippen LogP contribution in [0.5, 0.6) is 0 Å². The van der Waals surface area contributed by atoms with Gasteiger partial charge in [-0.25, -0.2) is 0 Å². The molecule has 0 fully saturated rings. The fraction of sp³-hybridized carbons (Fsp3) is 0.683. The van der Waals surface area contributed by atoms with Crippen LogP contribution in [0, 0.1) is 11.8 Å². The van der Waals surface area contributed by atoms with E-state index in [0.29, 0.717) is 37.5 Å². The summed E-state index contributed by atoms with van der Waals surface area (Å²) in [6, 6.07) is 18.5. The van der Waals surface area contributed by atoms with Gasteiger partial charge >= 0.3 is 0 Å². The Morgan fingerprint density at radius 2 is 0.628 bits per heavy atom. The van der Waals surface area contributed by atoms with Crippen molar-refractivity contribution >= 4 is 23.6 Å². The lowest BCUT2D eigenvalue weighted by molar-refractivity contribution is -0.123. The fourth-order valence-electron chi connectivity index (χ4n) is 12.8. The lowest BCUT2D eigenvalue weighted by atomic mass is 9.99. The molecular formula is C101H174N4O8. The predicted molar refractivity (Wildman–Crippen MR) is 488 cm³/mol. The maximum atomic E-state index is 12.1. The SMILES string of the molecule is CCCCC/C=C\C/C=C\CCCCCCCC(=O)NCC(O)c1ccccc1.CCCCC/C=C\C/C=C\CCCCCCCC(=O)N[C@@H](C)[C@H](O)c1ccccc1.CCCCC/C=C\C/C=C\CCCCCCCC(=O)N[C@@H](CO)CC(C)C.CCCCC/C=C\C/C=C\CCCCCCCC(=O)N[C@H](CO)[C@@H](C)CC. The predicted octanol–water partition coefficient (Wildman–Crippen LogP) is 26.3. The molecule has 12 nitrogen and oxygen atoms in total. The molecular weight excluding hydrogens is 1400 g/mol. The molecule has 0 aliphatic heterocycles. The van der Waals surface area contributed by atoms with Crippen LogP contribution < -0.4 is 21.3 Å². The average molecular weight is 1570 g/mol. The minimum atomic E-state index is -0.667. The van der Waals surface area contributed by atoms with Crippen molar-refractivity contribution in [2.45, 2.75) is 414 Å². The molecule has 0 heterocycles. The maximum absolute atomic E-state index is 12.1. The minimum absolute atomic E-state index is 0.0307. The summed E-state index contributed by atoms with van der Waals surface area (Å²) in [4.78, 5) is 47.8. The van der Waals surface area contributed by atoms with Crippen LogP contribution in [0.1, 0.15) is 407 Å². The van der Waals surface area contributed by atoms with Gasteiger partial charge in [0.05, 0.1) is 43.5 Å². The third-order valence-electron chi connectivity index (χ3n) is 20.3. The molecule has 0 radical (unpaired) electrons. The monoisotopic (exact) mass is 1570 g/mol. The number of unbranched alkanes of at least 4 members (excludes halogenated alkanes) is 32. The molecule has 12 heteroatoms. The number of allylic oxidation sites excluding steroid dienone is 16. The standard InChI is InChI=1S/C27H43NO2.C26H41NO2.2C24H45NO2/c1-3-4-5-6-7-8-9-10-11-12-13-14-15-16-20-23-26(29)28-24(2)27(30)25-21-18-17-19-22-25;1-2-3-4-5-6-7-8-9-10-11-12-13-14-15-19-22-26(29)27-23-25(28)24-20-17-16-18-21-24;1-4-5-6-7-8-9-10-11-12-13-14-15-16-17-18-19-24(27)25-23(21-26)20-22(2)3;1-4-6-7-8-9-10-11-12-13-14-15-16-17-18-19-20-24(27)25-23(21-26)22(3)5-2/h7-8,10-11,17-19,21-22,24,27,30H,3-6,9,12-16,20,23H2,1-2H3,(H,28,29);6-7,9-10,16-18,20-21,25,28H,2-5,8,11-15,19,22-23H2,1H3,(H,27,29);8-9,11-12,22-23,26H,4-7,10,13-21H2,1-3H3,(H,25,27);9-10,12-13,22-23,26H,4-8,11,14-21H2,1-3H3,(H,25,27)/b8-7-,11-10-;7-6-,10-9-;9-8-,12-11-;10-9-,13-12-/t24-,27-;;23-;22-,23+/m0.10/s1. The van der Waals surface area contributed by atoms with Gasteiger partial charge in [-0.3, -0.25) is 19.2 Å². The molecule has 113 heavy (non-hydrogen) atoms. The van der Waals surface area contributed by atoms with Crippen LogP contribution in [0.2, 0.25) is 0 Å². The Morgan fingerprint density at radius 1 is 0.336 bits per heavy atom. The van der Waals surface area contributed by atoms with Gasteiger partial charge in [0, 0.05) is 32.2 Å². The van der Waals surface area contributed by atoms with E-state index >= 15 is 0 Å². The number of amides is 4. The van der Waals surface area contributed by atoms with Crippen molar-refractivity contribution in [2.24, 2.45) is 11.8 Å². The van der Waals surface area contributed by atoms with E-state index in [1.165, 1.54) is 180 Å². The van der Waals surface area contributed by atoms with Crippen LogP contribution in [-0.4, -0.2) is 81.9 Å². The van der Waals surface area contributed by atoms with E-state index in [1.54, 1.807) is 0 Å². The smallest absolute Gasteiger partial charge is 0.220 e. The number of aliphatic hydroxyl groups excluding tert-OH is 4. The highest BCUT2D eigenvalue weighted by atomic mass is 16.3. The zero-order valence-electron chi connectivity index (χ0n) is 74.0. The second-order valence-electron chi connectivity index (χ2n) is 31.7. The highest BCUT2D eigenvalue weighted by Gasteiger charge is 2.19. The Bertz CT molecular complexity index is 2650. The average Bonchev–Trinajstić information content (AvgIpc) is 0.871. The third-order valence-corrected chi connectivity index (χ3v) is 20.3. The van der Waals surface area contributed by atoms with Crippen LogP contribution in [0.3, 0.4) is 0 Å². The molecule has 4 amide bonds. The quantitative estimate of drug-likeness (QED) is 0.0236. The Morgan fingerprint density at radius 3 is 0.938 bits per heavy atom. The van der Waals surface area contributed by atoms with Gasteiger partial charge in [0.1, 0.15) is 0 Å². The Hall–Kier alpha value is -5.92. The van der Waals surface area contributed by atoms with Gasteiger partial charge in [-0.2, -0.15) is 0 Å². The van der Waals surface area contributed by atoms with E-state index in [9.17, 15) is 39.6 Å². The van der Waals surface area contributed by atoms with Crippen LogP contribution in [0.25, 0.3) is 0 Å². The van der Waals surface area contributed by atoms with Crippen molar-refractivity contribution in [3.05, 3.63) is 169 Å². The minimum Gasteiger partial charge on any atom is -0.394 e. The van der Waals surface area contributed by atoms with Gasteiger partial charge in [0.2, 0.25) is 23.6 Å². The molecule has 0 bridgehead atoms. The molecule has 0 aromatic heterocycles. The van der Waals surface area contributed by atoms with Gasteiger partial charge in [-0.05, 0) is 190 Å². The molecule has 6 atom stereocenters. The number of aliphatic hydroxyl groups is 4. The summed E-state index contributed by atoms with van der Waals surface area (Å²) in [5, 5.41) is 50.7. The van der Waals surface area contributed by atoms with Crippen molar-refractivity contribution in [3.63, 3.8) is 0 Å². The number of rotatable bonds is 70. The number of hydrogen-bond donors (Lipinski definition) is 8. The van der Waals surface area contributed by atoms with Gasteiger partial charge < -0.3 is 41.7 Å². The molecule has 0 spiro atoms. The molecule has 0 saturated carbocycles. The maximum Gasteiger partial charge on any atom is 0.220 e. The summed E-state index contributed by atoms with van der Waals surface area (Å²) >= 11 is 0. The second kappa shape index (κ2) is 86.9. The normalized spacial score (nSPS) is 13.4. The van der Waals surface area contributed by atoms with Crippen LogP contribution in [0.4, 0.5) is 0 Å². The highest BCUT2D eigenvalue weighted by molar-refractivity contribution is 5.77. The van der Waals surface area contributed by atoms with E-state index in [1.807, 2.05) is 67.6 Å². The van der Waals surface area contributed by atoms with Crippen LogP contribution in [-0.2, 0) is 19.2 Å². The molecule has 2 rings (SSSR count). The van der Waals surface area contributed by atoms with Crippen LogP contribution >= 0.6 is 0 Å². The lowest BCUT2D eigenvalue weighted by Crippen LogP contribution is -2.41. The largest absolute Gasteiger partial charge is 0.394 e.